The normalized spacial score (nSPS) is 28.9. The molecule has 1 saturated carbocycles. The van der Waals surface area contributed by atoms with Gasteiger partial charge in [-0.25, -0.2) is 4.98 Å². The Morgan fingerprint density at radius 2 is 2.13 bits per heavy atom. The molecule has 0 saturated heterocycles. The van der Waals surface area contributed by atoms with Gasteiger partial charge in [0, 0.05) is 18.9 Å². The van der Waals surface area contributed by atoms with Gasteiger partial charge in [-0.05, 0) is 24.7 Å². The van der Waals surface area contributed by atoms with E-state index in [-0.39, 0.29) is 6.10 Å². The minimum atomic E-state index is -0.202. The average molecular weight is 208 g/mol. The van der Waals surface area contributed by atoms with Gasteiger partial charge in [-0.15, -0.1) is 0 Å². The van der Waals surface area contributed by atoms with Gasteiger partial charge in [-0.1, -0.05) is 19.8 Å². The van der Waals surface area contributed by atoms with E-state index in [1.54, 1.807) is 12.5 Å². The molecule has 0 aliphatic heterocycles. The minimum absolute atomic E-state index is 0.202. The first-order chi connectivity index (χ1) is 7.25. The van der Waals surface area contributed by atoms with E-state index in [0.29, 0.717) is 12.5 Å². The van der Waals surface area contributed by atoms with Gasteiger partial charge in [0.15, 0.2) is 0 Å². The molecule has 1 heterocycles. The zero-order valence-corrected chi connectivity index (χ0v) is 9.34. The van der Waals surface area contributed by atoms with Crippen LogP contribution in [0.25, 0.3) is 0 Å². The first kappa shape index (κ1) is 10.7. The molecule has 1 unspecified atom stereocenters. The van der Waals surface area contributed by atoms with Gasteiger partial charge in [-0.3, -0.25) is 0 Å². The number of aliphatic hydroxyl groups is 1. The molecule has 1 atom stereocenters. The van der Waals surface area contributed by atoms with Crippen molar-refractivity contribution in [1.29, 1.82) is 0 Å². The molecule has 3 nitrogen and oxygen atoms in total. The van der Waals surface area contributed by atoms with Crippen LogP contribution in [0.5, 0.6) is 0 Å². The van der Waals surface area contributed by atoms with E-state index < -0.39 is 0 Å². The summed E-state index contributed by atoms with van der Waals surface area (Å²) >= 11 is 0. The van der Waals surface area contributed by atoms with Crippen molar-refractivity contribution in [2.24, 2.45) is 11.8 Å². The number of rotatable bonds is 3. The number of aromatic nitrogens is 2. The Labute approximate surface area is 91.1 Å². The smallest absolute Gasteiger partial charge is 0.0946 e. The Morgan fingerprint density at radius 3 is 2.73 bits per heavy atom. The van der Waals surface area contributed by atoms with Gasteiger partial charge < -0.3 is 9.67 Å². The van der Waals surface area contributed by atoms with E-state index in [9.17, 15) is 5.11 Å². The van der Waals surface area contributed by atoms with Gasteiger partial charge in [0.05, 0.1) is 12.4 Å². The second-order valence-corrected chi connectivity index (χ2v) is 4.85. The van der Waals surface area contributed by atoms with Crippen LogP contribution < -0.4 is 0 Å². The van der Waals surface area contributed by atoms with Crippen LogP contribution in [0.1, 0.15) is 32.6 Å². The zero-order valence-electron chi connectivity index (χ0n) is 9.34. The molecule has 2 rings (SSSR count). The topological polar surface area (TPSA) is 38.0 Å². The molecular formula is C12H20N2O. The number of aliphatic hydroxyl groups excluding tert-OH is 1. The highest BCUT2D eigenvalue weighted by Crippen LogP contribution is 2.30. The third kappa shape index (κ3) is 2.81. The van der Waals surface area contributed by atoms with E-state index in [4.69, 9.17) is 0 Å². The van der Waals surface area contributed by atoms with Gasteiger partial charge in [0.2, 0.25) is 0 Å². The van der Waals surface area contributed by atoms with Crippen molar-refractivity contribution in [2.45, 2.75) is 45.3 Å². The molecule has 1 aromatic heterocycles. The fourth-order valence-electron chi connectivity index (χ4n) is 2.43. The molecule has 0 spiro atoms. The second-order valence-electron chi connectivity index (χ2n) is 4.85. The monoisotopic (exact) mass is 208 g/mol. The summed E-state index contributed by atoms with van der Waals surface area (Å²) in [6, 6.07) is 0. The standard InChI is InChI=1S/C12H20N2O/c1-10-2-4-11(5-3-10)12(15)8-14-7-6-13-9-14/h6-7,9-12,15H,2-5,8H2,1H3. The van der Waals surface area contributed by atoms with Crippen molar-refractivity contribution in [2.75, 3.05) is 0 Å². The minimum Gasteiger partial charge on any atom is -0.391 e. The van der Waals surface area contributed by atoms with Gasteiger partial charge in [0.25, 0.3) is 0 Å². The lowest BCUT2D eigenvalue weighted by Crippen LogP contribution is -2.28. The lowest BCUT2D eigenvalue weighted by Gasteiger charge is -2.29. The predicted molar refractivity (Wildman–Crippen MR) is 59.4 cm³/mol. The highest BCUT2D eigenvalue weighted by atomic mass is 16.3. The molecule has 0 amide bonds. The lowest BCUT2D eigenvalue weighted by molar-refractivity contribution is 0.0616. The summed E-state index contributed by atoms with van der Waals surface area (Å²) in [5.74, 6) is 1.34. The quantitative estimate of drug-likeness (QED) is 0.825. The maximum atomic E-state index is 10.1. The van der Waals surface area contributed by atoms with Gasteiger partial charge >= 0.3 is 0 Å². The maximum Gasteiger partial charge on any atom is 0.0946 e. The Morgan fingerprint density at radius 1 is 1.40 bits per heavy atom. The first-order valence-corrected chi connectivity index (χ1v) is 5.89. The molecule has 0 bridgehead atoms. The molecule has 1 aliphatic carbocycles. The van der Waals surface area contributed by atoms with Crippen LogP contribution in [-0.4, -0.2) is 20.8 Å². The van der Waals surface area contributed by atoms with Crippen LogP contribution in [0.15, 0.2) is 18.7 Å². The summed E-state index contributed by atoms with van der Waals surface area (Å²) in [6.45, 7) is 3.00. The zero-order chi connectivity index (χ0) is 10.7. The van der Waals surface area contributed by atoms with Crippen molar-refractivity contribution in [1.82, 2.24) is 9.55 Å². The van der Waals surface area contributed by atoms with E-state index >= 15 is 0 Å². The molecule has 1 aliphatic rings. The third-order valence-corrected chi connectivity index (χ3v) is 3.56. The van der Waals surface area contributed by atoms with E-state index in [1.807, 2.05) is 10.8 Å². The molecule has 3 heteroatoms. The van der Waals surface area contributed by atoms with Crippen molar-refractivity contribution in [3.63, 3.8) is 0 Å². The number of hydrogen-bond acceptors (Lipinski definition) is 2. The van der Waals surface area contributed by atoms with Crippen LogP contribution in [0.2, 0.25) is 0 Å². The fraction of sp³-hybridized carbons (Fsp3) is 0.750. The Kier molecular flexibility index (Phi) is 3.41. The SMILES string of the molecule is CC1CCC(C(O)Cn2ccnc2)CC1. The van der Waals surface area contributed by atoms with E-state index in [0.717, 1.165) is 5.92 Å². The summed E-state index contributed by atoms with van der Waals surface area (Å²) < 4.78 is 1.96. The van der Waals surface area contributed by atoms with Crippen molar-refractivity contribution >= 4 is 0 Å². The van der Waals surface area contributed by atoms with Crippen molar-refractivity contribution in [3.05, 3.63) is 18.7 Å². The second kappa shape index (κ2) is 4.79. The summed E-state index contributed by atoms with van der Waals surface area (Å²) in [5.41, 5.74) is 0. The molecule has 1 N–H and O–H groups in total. The van der Waals surface area contributed by atoms with E-state index in [1.165, 1.54) is 25.7 Å². The molecule has 84 valence electrons. The Balaban J connectivity index is 1.83. The maximum absolute atomic E-state index is 10.1. The summed E-state index contributed by atoms with van der Waals surface area (Å²) in [5, 5.41) is 10.1. The Hall–Kier alpha value is -0.830. The van der Waals surface area contributed by atoms with Crippen LogP contribution in [0.3, 0.4) is 0 Å². The molecular weight excluding hydrogens is 188 g/mol. The lowest BCUT2D eigenvalue weighted by atomic mass is 9.80. The summed E-state index contributed by atoms with van der Waals surface area (Å²) in [7, 11) is 0. The van der Waals surface area contributed by atoms with Crippen LogP contribution in [0.4, 0.5) is 0 Å². The molecule has 1 aromatic rings. The highest BCUT2D eigenvalue weighted by molar-refractivity contribution is 4.80. The van der Waals surface area contributed by atoms with Crippen LogP contribution >= 0.6 is 0 Å². The number of nitrogens with zero attached hydrogens (tertiary/aromatic N) is 2. The Bertz CT molecular complexity index is 276. The predicted octanol–water partition coefficient (Wildman–Crippen LogP) is 2.07. The largest absolute Gasteiger partial charge is 0.391 e. The van der Waals surface area contributed by atoms with Crippen LogP contribution in [-0.2, 0) is 6.54 Å². The van der Waals surface area contributed by atoms with Gasteiger partial charge in [0.1, 0.15) is 0 Å². The first-order valence-electron chi connectivity index (χ1n) is 5.89. The molecule has 1 fully saturated rings. The average Bonchev–Trinajstić information content (AvgIpc) is 2.71. The van der Waals surface area contributed by atoms with Gasteiger partial charge in [-0.2, -0.15) is 0 Å². The highest BCUT2D eigenvalue weighted by Gasteiger charge is 2.24. The van der Waals surface area contributed by atoms with Crippen molar-refractivity contribution in [3.8, 4) is 0 Å². The van der Waals surface area contributed by atoms with Crippen LogP contribution in [0, 0.1) is 11.8 Å². The third-order valence-electron chi connectivity index (χ3n) is 3.56. The number of imidazole rings is 1. The summed E-state index contributed by atoms with van der Waals surface area (Å²) in [6.07, 6.45) is 10.1. The molecule has 15 heavy (non-hydrogen) atoms. The summed E-state index contributed by atoms with van der Waals surface area (Å²) in [4.78, 5) is 3.98. The molecule has 0 radical (unpaired) electrons. The molecule has 0 aromatic carbocycles. The van der Waals surface area contributed by atoms with E-state index in [2.05, 4.69) is 11.9 Å². The van der Waals surface area contributed by atoms with Crippen molar-refractivity contribution < 1.29 is 5.11 Å². The fourth-order valence-corrected chi connectivity index (χ4v) is 2.43. The number of hydrogen-bond donors (Lipinski definition) is 1.